The van der Waals surface area contributed by atoms with Crippen molar-refractivity contribution in [1.82, 2.24) is 19.7 Å². The van der Waals surface area contributed by atoms with Crippen LogP contribution in [0.15, 0.2) is 64.9 Å². The van der Waals surface area contributed by atoms with Crippen molar-refractivity contribution in [3.05, 3.63) is 76.1 Å². The minimum atomic E-state index is -0.820. The lowest BCUT2D eigenvalue weighted by molar-refractivity contribution is -0.387. The van der Waals surface area contributed by atoms with Crippen LogP contribution in [0.2, 0.25) is 0 Å². The molecule has 0 fully saturated rings. The van der Waals surface area contributed by atoms with Crippen LogP contribution in [0, 0.1) is 10.1 Å². The van der Waals surface area contributed by atoms with E-state index in [1.165, 1.54) is 23.4 Å². The fourth-order valence-corrected chi connectivity index (χ4v) is 3.45. The van der Waals surface area contributed by atoms with Crippen LogP contribution in [0.1, 0.15) is 15.9 Å². The zero-order chi connectivity index (χ0) is 22.4. The minimum absolute atomic E-state index is 0.0208. The van der Waals surface area contributed by atoms with Gasteiger partial charge in [-0.25, -0.2) is 4.79 Å². The second-order valence-electron chi connectivity index (χ2n) is 6.58. The number of amides is 1. The Morgan fingerprint density at radius 1 is 1.23 bits per heavy atom. The molecule has 1 heterocycles. The number of nitro benzene ring substituents is 1. The molecule has 0 aliphatic heterocycles. The number of nitro groups is 1. The molecule has 1 amide bonds. The van der Waals surface area contributed by atoms with Gasteiger partial charge < -0.3 is 14.2 Å². The fraction of sp³-hybridized carbons (Fsp3) is 0.200. The van der Waals surface area contributed by atoms with Crippen LogP contribution in [0.3, 0.4) is 0 Å². The Kier molecular flexibility index (Phi) is 6.98. The minimum Gasteiger partial charge on any atom is -0.452 e. The normalized spacial score (nSPS) is 10.5. The molecule has 0 N–H and O–H groups in total. The summed E-state index contributed by atoms with van der Waals surface area (Å²) in [5, 5.41) is 19.6. The lowest BCUT2D eigenvalue weighted by Crippen LogP contribution is -2.30. The van der Waals surface area contributed by atoms with Gasteiger partial charge in [0.2, 0.25) is 0 Å². The zero-order valence-electron chi connectivity index (χ0n) is 16.8. The van der Waals surface area contributed by atoms with E-state index in [4.69, 9.17) is 4.74 Å². The quantitative estimate of drug-likeness (QED) is 0.297. The van der Waals surface area contributed by atoms with Gasteiger partial charge in [0.15, 0.2) is 11.8 Å². The number of benzene rings is 2. The number of ether oxygens (including phenoxy) is 1. The number of esters is 1. The Labute approximate surface area is 182 Å². The third kappa shape index (κ3) is 5.66. The molecule has 10 nitrogen and oxygen atoms in total. The Balaban J connectivity index is 1.64. The highest BCUT2D eigenvalue weighted by Crippen LogP contribution is 2.34. The number of hydrogen-bond acceptors (Lipinski definition) is 8. The lowest BCUT2D eigenvalue weighted by atomic mass is 10.2. The topological polar surface area (TPSA) is 120 Å². The highest BCUT2D eigenvalue weighted by Gasteiger charge is 2.21. The second-order valence-corrected chi connectivity index (χ2v) is 7.59. The Hall–Kier alpha value is -3.73. The summed E-state index contributed by atoms with van der Waals surface area (Å²) in [7, 11) is 3.32. The summed E-state index contributed by atoms with van der Waals surface area (Å²) in [6.07, 6.45) is 1.48. The van der Waals surface area contributed by atoms with E-state index in [-0.39, 0.29) is 17.2 Å². The Morgan fingerprint density at radius 3 is 2.61 bits per heavy atom. The van der Waals surface area contributed by atoms with Crippen molar-refractivity contribution in [1.29, 1.82) is 0 Å². The van der Waals surface area contributed by atoms with Gasteiger partial charge in [-0.15, -0.1) is 10.2 Å². The number of nitrogens with zero attached hydrogens (tertiary/aromatic N) is 5. The number of likely N-dealkylation sites (N-methyl/N-ethyl adjacent to an activating group) is 1. The summed E-state index contributed by atoms with van der Waals surface area (Å²) >= 11 is 1.05. The largest absolute Gasteiger partial charge is 0.452 e. The van der Waals surface area contributed by atoms with E-state index in [1.54, 1.807) is 18.7 Å². The van der Waals surface area contributed by atoms with Crippen molar-refractivity contribution < 1.29 is 19.2 Å². The van der Waals surface area contributed by atoms with E-state index in [0.717, 1.165) is 23.4 Å². The van der Waals surface area contributed by atoms with Crippen molar-refractivity contribution in [2.45, 2.75) is 16.6 Å². The molecule has 0 unspecified atom stereocenters. The molecule has 2 aromatic carbocycles. The average Bonchev–Trinajstić information content (AvgIpc) is 3.16. The smallest absolute Gasteiger partial charge is 0.338 e. The van der Waals surface area contributed by atoms with Crippen molar-refractivity contribution in [3.63, 3.8) is 0 Å². The summed E-state index contributed by atoms with van der Waals surface area (Å²) in [4.78, 5) is 37.2. The van der Waals surface area contributed by atoms with Crippen LogP contribution in [-0.4, -0.2) is 50.1 Å². The molecule has 0 saturated heterocycles. The molecule has 0 bridgehead atoms. The molecule has 11 heteroatoms. The van der Waals surface area contributed by atoms with E-state index in [1.807, 2.05) is 30.3 Å². The number of aryl methyl sites for hydroxylation is 1. The SMILES string of the molecule is CN(Cc1ccccc1)C(=O)COC(=O)c1ccc(Sc2nncn2C)c([N+](=O)[O-])c1. The summed E-state index contributed by atoms with van der Waals surface area (Å²) in [5.41, 5.74) is 0.652. The van der Waals surface area contributed by atoms with E-state index in [0.29, 0.717) is 16.6 Å². The molecule has 0 aliphatic carbocycles. The number of aromatic nitrogens is 3. The summed E-state index contributed by atoms with van der Waals surface area (Å²) < 4.78 is 6.68. The Morgan fingerprint density at radius 2 is 1.97 bits per heavy atom. The van der Waals surface area contributed by atoms with Crippen LogP contribution in [0.25, 0.3) is 0 Å². The van der Waals surface area contributed by atoms with Gasteiger partial charge in [0.1, 0.15) is 6.33 Å². The van der Waals surface area contributed by atoms with Gasteiger partial charge in [-0.05, 0) is 29.5 Å². The first kappa shape index (κ1) is 22.0. The Bertz CT molecular complexity index is 1100. The lowest BCUT2D eigenvalue weighted by Gasteiger charge is -2.17. The predicted molar refractivity (Wildman–Crippen MR) is 111 cm³/mol. The van der Waals surface area contributed by atoms with Crippen molar-refractivity contribution in [3.8, 4) is 0 Å². The maximum Gasteiger partial charge on any atom is 0.338 e. The highest BCUT2D eigenvalue weighted by molar-refractivity contribution is 7.99. The maximum atomic E-state index is 12.3. The highest BCUT2D eigenvalue weighted by atomic mass is 32.2. The van der Waals surface area contributed by atoms with Gasteiger partial charge in [-0.2, -0.15) is 0 Å². The molecule has 31 heavy (non-hydrogen) atoms. The molecular formula is C20H19N5O5S. The van der Waals surface area contributed by atoms with Gasteiger partial charge in [-0.1, -0.05) is 30.3 Å². The van der Waals surface area contributed by atoms with Crippen LogP contribution in [0.5, 0.6) is 0 Å². The molecule has 0 atom stereocenters. The zero-order valence-corrected chi connectivity index (χ0v) is 17.6. The molecule has 1 aromatic heterocycles. The van der Waals surface area contributed by atoms with Crippen LogP contribution >= 0.6 is 11.8 Å². The van der Waals surface area contributed by atoms with Crippen molar-refractivity contribution >= 4 is 29.3 Å². The van der Waals surface area contributed by atoms with Crippen LogP contribution in [-0.2, 0) is 23.1 Å². The van der Waals surface area contributed by atoms with E-state index in [2.05, 4.69) is 10.2 Å². The number of rotatable bonds is 8. The monoisotopic (exact) mass is 441 g/mol. The molecular weight excluding hydrogens is 422 g/mol. The average molecular weight is 441 g/mol. The van der Waals surface area contributed by atoms with Gasteiger partial charge in [-0.3, -0.25) is 14.9 Å². The van der Waals surface area contributed by atoms with Gasteiger partial charge in [0.05, 0.1) is 15.4 Å². The van der Waals surface area contributed by atoms with Crippen LogP contribution in [0.4, 0.5) is 5.69 Å². The molecule has 160 valence electrons. The first-order valence-corrected chi connectivity index (χ1v) is 9.92. The van der Waals surface area contributed by atoms with Gasteiger partial charge in [0, 0.05) is 26.7 Å². The second kappa shape index (κ2) is 9.85. The maximum absolute atomic E-state index is 12.3. The van der Waals surface area contributed by atoms with E-state index in [9.17, 15) is 19.7 Å². The molecule has 3 aromatic rings. The molecule has 3 rings (SSSR count). The number of carbonyl (C=O) groups excluding carboxylic acids is 2. The standard InChI is InChI=1S/C20H19N5O5S/c1-23(11-14-6-4-3-5-7-14)18(26)12-30-19(27)15-8-9-17(16(10-15)25(28)29)31-20-22-21-13-24(20)2/h3-10,13H,11-12H2,1-2H3. The van der Waals surface area contributed by atoms with Gasteiger partial charge in [0.25, 0.3) is 11.6 Å². The summed E-state index contributed by atoms with van der Waals surface area (Å²) in [5.74, 6) is -1.21. The van der Waals surface area contributed by atoms with Crippen LogP contribution < -0.4 is 0 Å². The fourth-order valence-electron chi connectivity index (χ4n) is 2.60. The van der Waals surface area contributed by atoms with Gasteiger partial charge >= 0.3 is 5.97 Å². The summed E-state index contributed by atoms with van der Waals surface area (Å²) in [6.45, 7) is -0.0952. The predicted octanol–water partition coefficient (Wildman–Crippen LogP) is 2.69. The van der Waals surface area contributed by atoms with Crippen molar-refractivity contribution in [2.75, 3.05) is 13.7 Å². The molecule has 0 saturated carbocycles. The summed E-state index contributed by atoms with van der Waals surface area (Å²) in [6, 6.07) is 13.4. The van der Waals surface area contributed by atoms with E-state index >= 15 is 0 Å². The molecule has 0 radical (unpaired) electrons. The third-order valence-corrected chi connectivity index (χ3v) is 5.39. The van der Waals surface area contributed by atoms with E-state index < -0.39 is 17.5 Å². The number of hydrogen-bond donors (Lipinski definition) is 0. The molecule has 0 spiro atoms. The van der Waals surface area contributed by atoms with Crippen molar-refractivity contribution in [2.24, 2.45) is 7.05 Å². The first-order chi connectivity index (χ1) is 14.8. The third-order valence-electron chi connectivity index (χ3n) is 4.28. The molecule has 0 aliphatic rings. The first-order valence-electron chi connectivity index (χ1n) is 9.10. The number of carbonyl (C=O) groups is 2.